The van der Waals surface area contributed by atoms with Crippen molar-refractivity contribution in [2.75, 3.05) is 0 Å². The minimum atomic E-state index is 0.550. The van der Waals surface area contributed by atoms with Crippen molar-refractivity contribution in [1.82, 2.24) is 0 Å². The van der Waals surface area contributed by atoms with E-state index in [0.717, 1.165) is 0 Å². The fraction of sp³-hybridized carbons (Fsp3) is 0.400. The summed E-state index contributed by atoms with van der Waals surface area (Å²) < 4.78 is 1.46. The van der Waals surface area contributed by atoms with E-state index in [1.165, 1.54) is 60.5 Å². The molecule has 0 saturated heterocycles. The number of unbranched alkanes of at least 4 members (excludes halogenated alkanes) is 5. The zero-order valence-corrected chi connectivity index (χ0v) is 14.8. The number of benzene rings is 1. The van der Waals surface area contributed by atoms with Gasteiger partial charge in [0, 0.05) is 0 Å². The normalized spacial score (nSPS) is 11.3. The van der Waals surface area contributed by atoms with Crippen LogP contribution in [0.5, 0.6) is 0 Å². The quantitative estimate of drug-likeness (QED) is 0.397. The molecule has 1 heteroatoms. The predicted octanol–water partition coefficient (Wildman–Crippen LogP) is 5.82. The van der Waals surface area contributed by atoms with E-state index < -0.39 is 0 Å². The molecule has 0 radical (unpaired) electrons. The summed E-state index contributed by atoms with van der Waals surface area (Å²) in [6, 6.07) is 13.4. The maximum atomic E-state index is 2.29. The van der Waals surface area contributed by atoms with Crippen LogP contribution >= 0.6 is 0 Å². The Morgan fingerprint density at radius 2 is 1.62 bits per heavy atom. The third-order valence-corrected chi connectivity index (χ3v) is 5.54. The molecule has 112 valence electrons. The van der Waals surface area contributed by atoms with Crippen LogP contribution < -0.4 is 0 Å². The third kappa shape index (κ3) is 6.50. The summed E-state index contributed by atoms with van der Waals surface area (Å²) in [5, 5.41) is 0. The minimum absolute atomic E-state index is 0.550. The zero-order valence-electron chi connectivity index (χ0n) is 13.1. The van der Waals surface area contributed by atoms with Crippen LogP contribution in [-0.4, -0.2) is 14.5 Å². The molecule has 0 amide bonds. The molecule has 0 aliphatic rings. The summed E-state index contributed by atoms with van der Waals surface area (Å²) in [4.78, 5) is 2.26. The molecular formula is C20H26Se. The van der Waals surface area contributed by atoms with Crippen LogP contribution in [0.1, 0.15) is 61.0 Å². The number of rotatable bonds is 9. The van der Waals surface area contributed by atoms with E-state index in [9.17, 15) is 0 Å². The topological polar surface area (TPSA) is 0 Å². The molecule has 0 saturated carbocycles. The molecule has 0 unspecified atom stereocenters. The summed E-state index contributed by atoms with van der Waals surface area (Å²) in [6.45, 7) is 2.27. The Bertz CT molecular complexity index is 505. The second-order valence-corrected chi connectivity index (χ2v) is 7.66. The van der Waals surface area contributed by atoms with Gasteiger partial charge in [0.1, 0.15) is 0 Å². The second kappa shape index (κ2) is 9.82. The number of aryl methyl sites for hydroxylation is 1. The van der Waals surface area contributed by atoms with Gasteiger partial charge in [-0.15, -0.1) is 0 Å². The van der Waals surface area contributed by atoms with Crippen LogP contribution in [0.2, 0.25) is 0 Å². The molecule has 0 aliphatic heterocycles. The van der Waals surface area contributed by atoms with E-state index in [0.29, 0.717) is 14.5 Å². The summed E-state index contributed by atoms with van der Waals surface area (Å²) in [5.41, 5.74) is 2.79. The SMILES string of the molecule is CCCCCCCCc1ccc(C=Cc2ccc[se]2)cc1. The molecule has 0 bridgehead atoms. The first kappa shape index (κ1) is 16.3. The van der Waals surface area contributed by atoms with Gasteiger partial charge >= 0.3 is 116 Å². The molecule has 1 aromatic carbocycles. The van der Waals surface area contributed by atoms with Gasteiger partial charge in [-0.25, -0.2) is 0 Å². The van der Waals surface area contributed by atoms with Crippen molar-refractivity contribution in [3.05, 3.63) is 56.9 Å². The Balaban J connectivity index is 1.72. The van der Waals surface area contributed by atoms with Crippen molar-refractivity contribution in [3.63, 3.8) is 0 Å². The monoisotopic (exact) mass is 346 g/mol. The van der Waals surface area contributed by atoms with Crippen molar-refractivity contribution < 1.29 is 0 Å². The van der Waals surface area contributed by atoms with E-state index in [-0.39, 0.29) is 0 Å². The molecule has 0 spiro atoms. The molecule has 0 aliphatic carbocycles. The van der Waals surface area contributed by atoms with Crippen molar-refractivity contribution >= 4 is 26.7 Å². The van der Waals surface area contributed by atoms with E-state index >= 15 is 0 Å². The van der Waals surface area contributed by atoms with E-state index in [1.54, 1.807) is 0 Å². The van der Waals surface area contributed by atoms with Crippen LogP contribution in [0, 0.1) is 0 Å². The van der Waals surface area contributed by atoms with Crippen molar-refractivity contribution in [1.29, 1.82) is 0 Å². The Labute approximate surface area is 135 Å². The molecule has 21 heavy (non-hydrogen) atoms. The molecular weight excluding hydrogens is 319 g/mol. The van der Waals surface area contributed by atoms with Gasteiger partial charge in [0.2, 0.25) is 0 Å². The molecule has 0 atom stereocenters. The third-order valence-electron chi connectivity index (χ3n) is 3.78. The predicted molar refractivity (Wildman–Crippen MR) is 95.8 cm³/mol. The maximum absolute atomic E-state index is 2.29. The molecule has 0 N–H and O–H groups in total. The van der Waals surface area contributed by atoms with Gasteiger partial charge in [0.15, 0.2) is 0 Å². The van der Waals surface area contributed by atoms with Gasteiger partial charge in [-0.1, -0.05) is 19.8 Å². The Hall–Kier alpha value is -1.04. The molecule has 2 aromatic rings. The first-order chi connectivity index (χ1) is 10.4. The average Bonchev–Trinajstić information content (AvgIpc) is 3.03. The van der Waals surface area contributed by atoms with Crippen LogP contribution in [0.25, 0.3) is 12.2 Å². The second-order valence-electron chi connectivity index (χ2n) is 5.61. The van der Waals surface area contributed by atoms with E-state index in [1.807, 2.05) is 0 Å². The Morgan fingerprint density at radius 3 is 2.33 bits per heavy atom. The van der Waals surface area contributed by atoms with Crippen molar-refractivity contribution in [2.45, 2.75) is 51.9 Å². The van der Waals surface area contributed by atoms with Crippen molar-refractivity contribution in [3.8, 4) is 0 Å². The molecule has 1 aromatic heterocycles. The van der Waals surface area contributed by atoms with Gasteiger partial charge in [0.25, 0.3) is 0 Å². The summed E-state index contributed by atoms with van der Waals surface area (Å²) >= 11 is 0.550. The van der Waals surface area contributed by atoms with Gasteiger partial charge in [-0.05, 0) is 0 Å². The fourth-order valence-corrected chi connectivity index (χ4v) is 3.77. The Morgan fingerprint density at radius 1 is 0.857 bits per heavy atom. The number of hydrogen-bond donors (Lipinski definition) is 0. The van der Waals surface area contributed by atoms with Gasteiger partial charge in [-0.3, -0.25) is 0 Å². The zero-order chi connectivity index (χ0) is 14.8. The van der Waals surface area contributed by atoms with Gasteiger partial charge < -0.3 is 0 Å². The molecule has 1 heterocycles. The summed E-state index contributed by atoms with van der Waals surface area (Å²) in [7, 11) is 0. The first-order valence-electron chi connectivity index (χ1n) is 8.19. The summed E-state index contributed by atoms with van der Waals surface area (Å²) in [6.07, 6.45) is 14.0. The Kier molecular flexibility index (Phi) is 7.63. The molecule has 2 rings (SSSR count). The number of hydrogen-bond acceptors (Lipinski definition) is 0. The van der Waals surface area contributed by atoms with Crippen LogP contribution in [0.4, 0.5) is 0 Å². The summed E-state index contributed by atoms with van der Waals surface area (Å²) in [5.74, 6) is 0. The van der Waals surface area contributed by atoms with Gasteiger partial charge in [0.05, 0.1) is 0 Å². The molecule has 0 nitrogen and oxygen atoms in total. The average molecular weight is 345 g/mol. The van der Waals surface area contributed by atoms with Gasteiger partial charge in [-0.2, -0.15) is 0 Å². The fourth-order valence-electron chi connectivity index (χ4n) is 2.47. The first-order valence-corrected chi connectivity index (χ1v) is 10.0. The standard InChI is InChI=1S/C20H26Se/c1-2-3-4-5-6-7-9-18-11-13-19(14-12-18)15-16-20-10-8-17-21-20/h8,10-17H,2-7,9H2,1H3. The van der Waals surface area contributed by atoms with Crippen LogP contribution in [0.3, 0.4) is 0 Å². The van der Waals surface area contributed by atoms with Crippen LogP contribution in [-0.2, 0) is 6.42 Å². The van der Waals surface area contributed by atoms with E-state index in [2.05, 4.69) is 60.4 Å². The van der Waals surface area contributed by atoms with Crippen LogP contribution in [0.15, 0.2) is 41.3 Å². The van der Waals surface area contributed by atoms with E-state index in [4.69, 9.17) is 0 Å². The molecule has 0 fully saturated rings. The van der Waals surface area contributed by atoms with Crippen molar-refractivity contribution in [2.24, 2.45) is 0 Å².